The van der Waals surface area contributed by atoms with Crippen LogP contribution in [-0.4, -0.2) is 20.2 Å². The zero-order chi connectivity index (χ0) is 17.5. The fourth-order valence-corrected chi connectivity index (χ4v) is 3.57. The molecule has 0 fully saturated rings. The minimum atomic E-state index is -2.02. The second kappa shape index (κ2) is 13.2. The number of pyridine rings is 1. The summed E-state index contributed by atoms with van der Waals surface area (Å²) in [5.74, 6) is 6.33. The van der Waals surface area contributed by atoms with Crippen molar-refractivity contribution in [1.29, 1.82) is 0 Å². The van der Waals surface area contributed by atoms with Gasteiger partial charge in [-0.1, -0.05) is 38.7 Å². The van der Waals surface area contributed by atoms with Crippen molar-refractivity contribution >= 4 is 8.56 Å². The maximum atomic E-state index is 6.00. The van der Waals surface area contributed by atoms with E-state index in [4.69, 9.17) is 8.85 Å². The van der Waals surface area contributed by atoms with Gasteiger partial charge in [0, 0.05) is 31.8 Å². The molecule has 1 aromatic heterocycles. The number of aromatic nitrogens is 1. The van der Waals surface area contributed by atoms with Crippen LogP contribution in [0.3, 0.4) is 0 Å². The molecule has 0 spiro atoms. The third kappa shape index (κ3) is 11.4. The maximum absolute atomic E-state index is 6.00. The Balaban J connectivity index is 1.97. The maximum Gasteiger partial charge on any atom is 0.332 e. The Morgan fingerprint density at radius 3 is 2.46 bits per heavy atom. The third-order valence-electron chi connectivity index (χ3n) is 3.76. The predicted octanol–water partition coefficient (Wildman–Crippen LogP) is 5.46. The lowest BCUT2D eigenvalue weighted by molar-refractivity contribution is 0.168. The molecule has 0 bridgehead atoms. The molecular formula is C20H33NO2Si. The van der Waals surface area contributed by atoms with Crippen molar-refractivity contribution in [1.82, 2.24) is 4.98 Å². The fourth-order valence-electron chi connectivity index (χ4n) is 2.34. The normalized spacial score (nSPS) is 11.1. The van der Waals surface area contributed by atoms with Gasteiger partial charge in [0.15, 0.2) is 0 Å². The molecule has 24 heavy (non-hydrogen) atoms. The van der Waals surface area contributed by atoms with Crippen LogP contribution in [0.1, 0.15) is 63.9 Å². The summed E-state index contributed by atoms with van der Waals surface area (Å²) in [5, 5.41) is 0. The van der Waals surface area contributed by atoms with E-state index in [-0.39, 0.29) is 0 Å². The van der Waals surface area contributed by atoms with Crippen molar-refractivity contribution in [2.45, 2.75) is 78.0 Å². The van der Waals surface area contributed by atoms with Crippen LogP contribution in [0.25, 0.3) is 0 Å². The quantitative estimate of drug-likeness (QED) is 0.286. The van der Waals surface area contributed by atoms with Crippen molar-refractivity contribution < 1.29 is 8.85 Å². The Kier molecular flexibility index (Phi) is 11.5. The first-order valence-corrected chi connectivity index (χ1v) is 12.1. The highest BCUT2D eigenvalue weighted by Crippen LogP contribution is 2.12. The van der Waals surface area contributed by atoms with E-state index in [0.717, 1.165) is 31.4 Å². The largest absolute Gasteiger partial charge is 0.395 e. The van der Waals surface area contributed by atoms with Crippen LogP contribution in [0.15, 0.2) is 24.5 Å². The first-order chi connectivity index (χ1) is 11.6. The van der Waals surface area contributed by atoms with E-state index >= 15 is 0 Å². The second-order valence-corrected chi connectivity index (χ2v) is 9.85. The highest BCUT2D eigenvalue weighted by molar-refractivity contribution is 6.64. The molecule has 0 atom stereocenters. The van der Waals surface area contributed by atoms with Gasteiger partial charge in [0.1, 0.15) is 0 Å². The van der Waals surface area contributed by atoms with Crippen molar-refractivity contribution in [3.05, 3.63) is 30.1 Å². The van der Waals surface area contributed by atoms with Crippen LogP contribution in [0, 0.1) is 11.8 Å². The summed E-state index contributed by atoms with van der Waals surface area (Å²) in [6.07, 6.45) is 13.2. The van der Waals surface area contributed by atoms with E-state index in [9.17, 15) is 0 Å². The molecule has 0 saturated heterocycles. The van der Waals surface area contributed by atoms with E-state index in [1.807, 2.05) is 18.3 Å². The van der Waals surface area contributed by atoms with Crippen LogP contribution < -0.4 is 0 Å². The third-order valence-corrected chi connectivity index (χ3v) is 5.50. The van der Waals surface area contributed by atoms with Gasteiger partial charge in [-0.3, -0.25) is 4.98 Å². The highest BCUT2D eigenvalue weighted by Gasteiger charge is 2.24. The summed E-state index contributed by atoms with van der Waals surface area (Å²) >= 11 is 0. The first-order valence-electron chi connectivity index (χ1n) is 9.26. The molecule has 1 heterocycles. The van der Waals surface area contributed by atoms with Gasteiger partial charge in [-0.15, -0.1) is 11.8 Å². The van der Waals surface area contributed by atoms with Gasteiger partial charge in [0.05, 0.1) is 6.61 Å². The van der Waals surface area contributed by atoms with E-state index in [2.05, 4.69) is 36.8 Å². The lowest BCUT2D eigenvalue weighted by atomic mass is 10.1. The average molecular weight is 348 g/mol. The Hall–Kier alpha value is -1.15. The smallest absolute Gasteiger partial charge is 0.332 e. The minimum Gasteiger partial charge on any atom is -0.395 e. The Bertz CT molecular complexity index is 479. The lowest BCUT2D eigenvalue weighted by Gasteiger charge is -2.22. The summed E-state index contributed by atoms with van der Waals surface area (Å²) < 4.78 is 12.0. The Morgan fingerprint density at radius 1 is 1.00 bits per heavy atom. The molecule has 3 nitrogen and oxygen atoms in total. The van der Waals surface area contributed by atoms with Crippen molar-refractivity contribution in [2.24, 2.45) is 0 Å². The van der Waals surface area contributed by atoms with Gasteiger partial charge in [-0.25, -0.2) is 0 Å². The van der Waals surface area contributed by atoms with E-state index in [1.165, 1.54) is 32.1 Å². The number of unbranched alkanes of at least 4 members (excludes halogenated alkanes) is 6. The average Bonchev–Trinajstić information content (AvgIpc) is 2.59. The monoisotopic (exact) mass is 347 g/mol. The zero-order valence-corrected chi connectivity index (χ0v) is 16.6. The molecule has 1 rings (SSSR count). The predicted molar refractivity (Wildman–Crippen MR) is 103 cm³/mol. The fraction of sp³-hybridized carbons (Fsp3) is 0.650. The van der Waals surface area contributed by atoms with Gasteiger partial charge in [0.25, 0.3) is 0 Å². The molecule has 0 aliphatic carbocycles. The van der Waals surface area contributed by atoms with Gasteiger partial charge in [-0.2, -0.15) is 0 Å². The molecule has 0 unspecified atom stereocenters. The number of nitrogens with zero attached hydrogens (tertiary/aromatic N) is 1. The highest BCUT2D eigenvalue weighted by atomic mass is 28.4. The standard InChI is InChI=1S/C20H33NO2Si/c1-4-5-6-7-8-9-10-11-12-13-17-22-24(2,3)23-19-20-15-14-16-21-18-20/h14-16,18H,4,7-13,17,19H2,1-3H3. The Morgan fingerprint density at radius 2 is 1.75 bits per heavy atom. The minimum absolute atomic E-state index is 0.591. The van der Waals surface area contributed by atoms with Crippen LogP contribution in [0.5, 0.6) is 0 Å². The summed E-state index contributed by atoms with van der Waals surface area (Å²) in [4.78, 5) is 4.10. The van der Waals surface area contributed by atoms with Crippen LogP contribution in [-0.2, 0) is 15.5 Å². The van der Waals surface area contributed by atoms with E-state index in [1.54, 1.807) is 6.20 Å². The summed E-state index contributed by atoms with van der Waals surface area (Å²) in [5.41, 5.74) is 1.10. The zero-order valence-electron chi connectivity index (χ0n) is 15.6. The van der Waals surface area contributed by atoms with Gasteiger partial charge < -0.3 is 8.85 Å². The van der Waals surface area contributed by atoms with E-state index < -0.39 is 8.56 Å². The van der Waals surface area contributed by atoms with Gasteiger partial charge in [0.2, 0.25) is 0 Å². The van der Waals surface area contributed by atoms with Crippen LogP contribution >= 0.6 is 0 Å². The van der Waals surface area contributed by atoms with Crippen LogP contribution in [0.4, 0.5) is 0 Å². The SMILES string of the molecule is CCC#CCCCCCCCCO[Si](C)(C)OCc1cccnc1. The first kappa shape index (κ1) is 20.9. The number of hydrogen-bond acceptors (Lipinski definition) is 3. The molecule has 0 radical (unpaired) electrons. The molecule has 134 valence electrons. The van der Waals surface area contributed by atoms with Crippen molar-refractivity contribution in [3.63, 3.8) is 0 Å². The summed E-state index contributed by atoms with van der Waals surface area (Å²) in [7, 11) is -2.02. The lowest BCUT2D eigenvalue weighted by Crippen LogP contribution is -2.35. The molecular weight excluding hydrogens is 314 g/mol. The molecule has 4 heteroatoms. The molecule has 0 saturated carbocycles. The molecule has 1 aromatic rings. The van der Waals surface area contributed by atoms with Crippen LogP contribution in [0.2, 0.25) is 13.1 Å². The molecule has 0 amide bonds. The summed E-state index contributed by atoms with van der Waals surface area (Å²) in [6.45, 7) is 7.73. The number of hydrogen-bond donors (Lipinski definition) is 0. The Labute approximate surface area is 149 Å². The summed E-state index contributed by atoms with van der Waals surface area (Å²) in [6, 6.07) is 3.97. The molecule has 0 aromatic carbocycles. The van der Waals surface area contributed by atoms with Gasteiger partial charge in [-0.05, 0) is 37.6 Å². The number of rotatable bonds is 12. The molecule has 0 N–H and O–H groups in total. The van der Waals surface area contributed by atoms with E-state index in [0.29, 0.717) is 6.61 Å². The van der Waals surface area contributed by atoms with Gasteiger partial charge >= 0.3 is 8.56 Å². The second-order valence-electron chi connectivity index (χ2n) is 6.48. The molecule has 0 aliphatic heterocycles. The van der Waals surface area contributed by atoms with Crippen molar-refractivity contribution in [2.75, 3.05) is 6.61 Å². The molecule has 0 aliphatic rings. The topological polar surface area (TPSA) is 31.4 Å². The van der Waals surface area contributed by atoms with Crippen molar-refractivity contribution in [3.8, 4) is 11.8 Å².